The number of methoxy groups -OCH3 is 2. The van der Waals surface area contributed by atoms with Crippen LogP contribution in [-0.4, -0.2) is 50.6 Å². The second kappa shape index (κ2) is 7.64. The molecule has 0 aliphatic heterocycles. The molecule has 1 aromatic heterocycles. The smallest absolute Gasteiger partial charge is 0.226 e. The van der Waals surface area contributed by atoms with E-state index in [-0.39, 0.29) is 5.95 Å². The van der Waals surface area contributed by atoms with Gasteiger partial charge >= 0.3 is 0 Å². The standard InChI is InChI=1S/C10H17N3O4/c1-14-3-4-16-5-6-17-9-7-8(15-2)12-10(11)13-9/h7H,3-6H2,1-2H3,(H2,11,12,13). The zero-order valence-electron chi connectivity index (χ0n) is 10.0. The molecule has 0 aliphatic rings. The Hall–Kier alpha value is -1.60. The minimum atomic E-state index is 0.111. The molecule has 1 rings (SSSR count). The summed E-state index contributed by atoms with van der Waals surface area (Å²) in [5.74, 6) is 0.845. The predicted molar refractivity (Wildman–Crippen MR) is 61.2 cm³/mol. The van der Waals surface area contributed by atoms with Crippen LogP contribution >= 0.6 is 0 Å². The average Bonchev–Trinajstić information content (AvgIpc) is 2.33. The van der Waals surface area contributed by atoms with Crippen molar-refractivity contribution in [1.82, 2.24) is 9.97 Å². The predicted octanol–water partition coefficient (Wildman–Crippen LogP) is 0.109. The van der Waals surface area contributed by atoms with Gasteiger partial charge in [-0.3, -0.25) is 0 Å². The topological polar surface area (TPSA) is 88.7 Å². The van der Waals surface area contributed by atoms with Crippen LogP contribution in [-0.2, 0) is 9.47 Å². The zero-order valence-corrected chi connectivity index (χ0v) is 10.0. The van der Waals surface area contributed by atoms with Crippen LogP contribution in [0.25, 0.3) is 0 Å². The summed E-state index contributed by atoms with van der Waals surface area (Å²) in [7, 11) is 3.12. The molecule has 0 amide bonds. The molecule has 17 heavy (non-hydrogen) atoms. The quantitative estimate of drug-likeness (QED) is 0.648. The summed E-state index contributed by atoms with van der Waals surface area (Å²) in [6.45, 7) is 1.93. The van der Waals surface area contributed by atoms with Crippen molar-refractivity contribution in [3.05, 3.63) is 6.07 Å². The summed E-state index contributed by atoms with van der Waals surface area (Å²) >= 11 is 0. The summed E-state index contributed by atoms with van der Waals surface area (Å²) in [5.41, 5.74) is 5.47. The SMILES string of the molecule is COCCOCCOc1cc(OC)nc(N)n1. The molecule has 0 radical (unpaired) electrons. The van der Waals surface area contributed by atoms with Crippen molar-refractivity contribution in [1.29, 1.82) is 0 Å². The van der Waals surface area contributed by atoms with Gasteiger partial charge in [-0.15, -0.1) is 0 Å². The second-order valence-corrected chi connectivity index (χ2v) is 3.06. The highest BCUT2D eigenvalue weighted by molar-refractivity contribution is 5.29. The van der Waals surface area contributed by atoms with Crippen LogP contribution in [0.3, 0.4) is 0 Å². The molecule has 0 spiro atoms. The number of rotatable bonds is 8. The van der Waals surface area contributed by atoms with E-state index in [4.69, 9.17) is 24.7 Å². The molecule has 0 saturated carbocycles. The number of hydrogen-bond donors (Lipinski definition) is 1. The van der Waals surface area contributed by atoms with Crippen LogP contribution in [0, 0.1) is 0 Å². The highest BCUT2D eigenvalue weighted by Crippen LogP contribution is 2.15. The number of nitrogens with zero attached hydrogens (tertiary/aromatic N) is 2. The van der Waals surface area contributed by atoms with E-state index < -0.39 is 0 Å². The van der Waals surface area contributed by atoms with Crippen LogP contribution < -0.4 is 15.2 Å². The van der Waals surface area contributed by atoms with E-state index in [1.807, 2.05) is 0 Å². The first-order chi connectivity index (χ1) is 8.26. The van der Waals surface area contributed by atoms with Crippen molar-refractivity contribution in [2.45, 2.75) is 0 Å². The first-order valence-electron chi connectivity index (χ1n) is 5.14. The van der Waals surface area contributed by atoms with Gasteiger partial charge in [0.15, 0.2) is 0 Å². The molecule has 0 aromatic carbocycles. The van der Waals surface area contributed by atoms with E-state index in [1.54, 1.807) is 13.2 Å². The maximum Gasteiger partial charge on any atom is 0.226 e. The Morgan fingerprint density at radius 3 is 2.47 bits per heavy atom. The van der Waals surface area contributed by atoms with E-state index in [2.05, 4.69) is 9.97 Å². The van der Waals surface area contributed by atoms with Gasteiger partial charge in [0.1, 0.15) is 6.61 Å². The van der Waals surface area contributed by atoms with Gasteiger partial charge in [-0.1, -0.05) is 0 Å². The number of aromatic nitrogens is 2. The number of nitrogen functional groups attached to an aromatic ring is 1. The van der Waals surface area contributed by atoms with E-state index in [9.17, 15) is 0 Å². The Morgan fingerprint density at radius 1 is 1.06 bits per heavy atom. The molecular formula is C10H17N3O4. The van der Waals surface area contributed by atoms with Crippen molar-refractivity contribution in [3.63, 3.8) is 0 Å². The number of ether oxygens (including phenoxy) is 4. The molecule has 7 nitrogen and oxygen atoms in total. The third-order valence-corrected chi connectivity index (χ3v) is 1.81. The third-order valence-electron chi connectivity index (χ3n) is 1.81. The molecule has 1 aromatic rings. The molecule has 0 bridgehead atoms. The number of hydrogen-bond acceptors (Lipinski definition) is 7. The van der Waals surface area contributed by atoms with Crippen LogP contribution in [0.4, 0.5) is 5.95 Å². The Balaban J connectivity index is 2.28. The van der Waals surface area contributed by atoms with Crippen molar-refractivity contribution < 1.29 is 18.9 Å². The van der Waals surface area contributed by atoms with Gasteiger partial charge in [0.05, 0.1) is 33.0 Å². The van der Waals surface area contributed by atoms with Crippen LogP contribution in [0.1, 0.15) is 0 Å². The summed E-state index contributed by atoms with van der Waals surface area (Å²) in [5, 5.41) is 0. The second-order valence-electron chi connectivity index (χ2n) is 3.06. The minimum absolute atomic E-state index is 0.111. The fourth-order valence-corrected chi connectivity index (χ4v) is 1.05. The van der Waals surface area contributed by atoms with Crippen molar-refractivity contribution in [2.75, 3.05) is 46.4 Å². The van der Waals surface area contributed by atoms with Crippen LogP contribution in [0.5, 0.6) is 11.8 Å². The minimum Gasteiger partial charge on any atom is -0.481 e. The lowest BCUT2D eigenvalue weighted by atomic mass is 10.6. The number of anilines is 1. The van der Waals surface area contributed by atoms with Crippen molar-refractivity contribution >= 4 is 5.95 Å². The summed E-state index contributed by atoms with van der Waals surface area (Å²) in [6.07, 6.45) is 0. The van der Waals surface area contributed by atoms with Crippen LogP contribution in [0.2, 0.25) is 0 Å². The average molecular weight is 243 g/mol. The first kappa shape index (κ1) is 13.5. The highest BCUT2D eigenvalue weighted by atomic mass is 16.5. The largest absolute Gasteiger partial charge is 0.481 e. The van der Waals surface area contributed by atoms with Gasteiger partial charge in [-0.05, 0) is 0 Å². The van der Waals surface area contributed by atoms with E-state index in [0.29, 0.717) is 38.2 Å². The molecular weight excluding hydrogens is 226 g/mol. The van der Waals surface area contributed by atoms with Gasteiger partial charge in [0.25, 0.3) is 0 Å². The third kappa shape index (κ3) is 5.32. The fraction of sp³-hybridized carbons (Fsp3) is 0.600. The molecule has 7 heteroatoms. The fourth-order valence-electron chi connectivity index (χ4n) is 1.05. The van der Waals surface area contributed by atoms with Gasteiger partial charge in [-0.2, -0.15) is 9.97 Å². The monoisotopic (exact) mass is 243 g/mol. The van der Waals surface area contributed by atoms with Gasteiger partial charge in [0, 0.05) is 7.11 Å². The molecule has 0 saturated heterocycles. The molecule has 0 fully saturated rings. The van der Waals surface area contributed by atoms with Gasteiger partial charge in [0.2, 0.25) is 17.7 Å². The highest BCUT2D eigenvalue weighted by Gasteiger charge is 2.03. The van der Waals surface area contributed by atoms with E-state index in [0.717, 1.165) is 0 Å². The van der Waals surface area contributed by atoms with Gasteiger partial charge in [-0.25, -0.2) is 0 Å². The lowest BCUT2D eigenvalue weighted by molar-refractivity contribution is 0.0536. The molecule has 0 atom stereocenters. The molecule has 2 N–H and O–H groups in total. The normalized spacial score (nSPS) is 10.2. The van der Waals surface area contributed by atoms with E-state index >= 15 is 0 Å². The first-order valence-corrected chi connectivity index (χ1v) is 5.14. The molecule has 0 aliphatic carbocycles. The maximum atomic E-state index is 5.47. The zero-order chi connectivity index (χ0) is 12.5. The lowest BCUT2D eigenvalue weighted by Crippen LogP contribution is -2.11. The Kier molecular flexibility index (Phi) is 6.05. The summed E-state index contributed by atoms with van der Waals surface area (Å²) in [6, 6.07) is 1.56. The number of nitrogens with two attached hydrogens (primary N) is 1. The lowest BCUT2D eigenvalue weighted by Gasteiger charge is -2.07. The van der Waals surface area contributed by atoms with Crippen LogP contribution in [0.15, 0.2) is 6.07 Å². The van der Waals surface area contributed by atoms with E-state index in [1.165, 1.54) is 7.11 Å². The Bertz CT molecular complexity index is 335. The molecule has 96 valence electrons. The van der Waals surface area contributed by atoms with Gasteiger partial charge < -0.3 is 24.7 Å². The Labute approximate surface area is 99.9 Å². The molecule has 1 heterocycles. The Morgan fingerprint density at radius 2 is 1.76 bits per heavy atom. The van der Waals surface area contributed by atoms with Crippen molar-refractivity contribution in [2.24, 2.45) is 0 Å². The maximum absolute atomic E-state index is 5.47. The molecule has 0 unspecified atom stereocenters. The summed E-state index contributed by atoms with van der Waals surface area (Å²) < 4.78 is 20.3. The summed E-state index contributed by atoms with van der Waals surface area (Å²) in [4.78, 5) is 7.74. The van der Waals surface area contributed by atoms with Crippen molar-refractivity contribution in [3.8, 4) is 11.8 Å².